The Hall–Kier alpha value is -1.54. The van der Waals surface area contributed by atoms with Gasteiger partial charge in [0.05, 0.1) is 6.67 Å². The molecule has 0 aromatic heterocycles. The number of nitrogens with zero attached hydrogens (tertiary/aromatic N) is 1. The normalized spacial score (nSPS) is 23.9. The highest BCUT2D eigenvalue weighted by Gasteiger charge is 2.25. The summed E-state index contributed by atoms with van der Waals surface area (Å²) in [6.07, 6.45) is 7.83. The second kappa shape index (κ2) is 4.14. The molecule has 1 aliphatic carbocycles. The van der Waals surface area contributed by atoms with Crippen molar-refractivity contribution in [2.45, 2.75) is 6.42 Å². The van der Waals surface area contributed by atoms with Gasteiger partial charge < -0.3 is 4.90 Å². The van der Waals surface area contributed by atoms with Crippen molar-refractivity contribution in [1.29, 1.82) is 0 Å². The maximum absolute atomic E-state index is 3.48. The number of allylic oxidation sites excluding steroid dienone is 3. The molecule has 1 unspecified atom stereocenters. The van der Waals surface area contributed by atoms with Gasteiger partial charge in [0.25, 0.3) is 0 Å². The van der Waals surface area contributed by atoms with Crippen molar-refractivity contribution in [3.05, 3.63) is 54.3 Å². The van der Waals surface area contributed by atoms with Crippen LogP contribution in [0.1, 0.15) is 6.42 Å². The van der Waals surface area contributed by atoms with Crippen LogP contribution in [0.15, 0.2) is 54.3 Å². The lowest BCUT2D eigenvalue weighted by atomic mass is 9.94. The van der Waals surface area contributed by atoms with E-state index in [-0.39, 0.29) is 0 Å². The van der Waals surface area contributed by atoms with E-state index in [1.807, 2.05) is 0 Å². The number of nitrogens with one attached hydrogen (secondary N) is 1. The molecule has 16 heavy (non-hydrogen) atoms. The van der Waals surface area contributed by atoms with Gasteiger partial charge in [-0.2, -0.15) is 0 Å². The van der Waals surface area contributed by atoms with Gasteiger partial charge in [-0.25, -0.2) is 0 Å². The molecule has 1 aliphatic heterocycles. The van der Waals surface area contributed by atoms with E-state index in [4.69, 9.17) is 0 Å². The maximum atomic E-state index is 3.48. The molecule has 2 nitrogen and oxygen atoms in total. The Morgan fingerprint density at radius 1 is 1.19 bits per heavy atom. The van der Waals surface area contributed by atoms with E-state index in [9.17, 15) is 0 Å². The first-order chi connectivity index (χ1) is 7.95. The van der Waals surface area contributed by atoms with E-state index in [1.165, 1.54) is 11.4 Å². The van der Waals surface area contributed by atoms with Crippen LogP contribution in [-0.2, 0) is 0 Å². The third kappa shape index (κ3) is 1.65. The molecule has 0 amide bonds. The zero-order valence-corrected chi connectivity index (χ0v) is 9.26. The molecule has 1 heterocycles. The van der Waals surface area contributed by atoms with E-state index < -0.39 is 0 Å². The summed E-state index contributed by atoms with van der Waals surface area (Å²) in [4.78, 5) is 2.37. The van der Waals surface area contributed by atoms with Crippen LogP contribution in [0.3, 0.4) is 0 Å². The highest BCUT2D eigenvalue weighted by atomic mass is 15.3. The third-order valence-corrected chi connectivity index (χ3v) is 3.28. The number of rotatable bonds is 1. The highest BCUT2D eigenvalue weighted by molar-refractivity contribution is 5.54. The Morgan fingerprint density at radius 3 is 2.94 bits per heavy atom. The van der Waals surface area contributed by atoms with Crippen LogP contribution in [0.2, 0.25) is 0 Å². The second-order valence-corrected chi connectivity index (χ2v) is 4.33. The Kier molecular flexibility index (Phi) is 2.50. The summed E-state index contributed by atoms with van der Waals surface area (Å²) in [7, 11) is 0. The van der Waals surface area contributed by atoms with Gasteiger partial charge in [-0.3, -0.25) is 5.32 Å². The van der Waals surface area contributed by atoms with Gasteiger partial charge in [-0.15, -0.1) is 0 Å². The second-order valence-electron chi connectivity index (χ2n) is 4.33. The highest BCUT2D eigenvalue weighted by Crippen LogP contribution is 2.29. The molecule has 0 bridgehead atoms. The zero-order valence-electron chi connectivity index (χ0n) is 9.26. The Morgan fingerprint density at radius 2 is 2.06 bits per heavy atom. The first-order valence-corrected chi connectivity index (χ1v) is 5.85. The van der Waals surface area contributed by atoms with Crippen LogP contribution >= 0.6 is 0 Å². The molecule has 1 aromatic carbocycles. The molecule has 1 aromatic rings. The van der Waals surface area contributed by atoms with E-state index in [2.05, 4.69) is 58.8 Å². The lowest BCUT2D eigenvalue weighted by molar-refractivity contribution is 0.471. The summed E-state index contributed by atoms with van der Waals surface area (Å²) in [5.41, 5.74) is 2.73. The molecule has 1 N–H and O–H groups in total. The fourth-order valence-corrected chi connectivity index (χ4v) is 2.45. The largest absolute Gasteiger partial charge is 0.332 e. The van der Waals surface area contributed by atoms with Gasteiger partial charge in [0, 0.05) is 23.8 Å². The fourth-order valence-electron chi connectivity index (χ4n) is 2.45. The summed E-state index contributed by atoms with van der Waals surface area (Å²) in [5, 5.41) is 3.48. The van der Waals surface area contributed by atoms with Crippen molar-refractivity contribution < 1.29 is 0 Å². The van der Waals surface area contributed by atoms with Crippen molar-refractivity contribution in [1.82, 2.24) is 5.32 Å². The zero-order chi connectivity index (χ0) is 10.8. The van der Waals surface area contributed by atoms with E-state index in [0.29, 0.717) is 5.92 Å². The van der Waals surface area contributed by atoms with Crippen molar-refractivity contribution in [3.8, 4) is 0 Å². The van der Waals surface area contributed by atoms with Crippen LogP contribution in [0.4, 0.5) is 5.69 Å². The number of anilines is 1. The Bertz CT molecular complexity index is 420. The molecule has 1 saturated heterocycles. The van der Waals surface area contributed by atoms with Gasteiger partial charge in [0.1, 0.15) is 0 Å². The van der Waals surface area contributed by atoms with Crippen LogP contribution in [-0.4, -0.2) is 13.2 Å². The van der Waals surface area contributed by atoms with Crippen molar-refractivity contribution in [2.75, 3.05) is 18.1 Å². The molecule has 1 atom stereocenters. The van der Waals surface area contributed by atoms with E-state index in [1.54, 1.807) is 0 Å². The van der Waals surface area contributed by atoms with Crippen LogP contribution in [0.25, 0.3) is 0 Å². The predicted octanol–water partition coefficient (Wildman–Crippen LogP) is 2.51. The summed E-state index contributed by atoms with van der Waals surface area (Å²) < 4.78 is 0. The smallest absolute Gasteiger partial charge is 0.0728 e. The van der Waals surface area contributed by atoms with Gasteiger partial charge in [0.2, 0.25) is 0 Å². The minimum atomic E-state index is 0.638. The lowest BCUT2D eigenvalue weighted by Crippen LogP contribution is -2.45. The number of para-hydroxylation sites is 1. The molecule has 0 spiro atoms. The number of benzene rings is 1. The minimum absolute atomic E-state index is 0.638. The molecule has 2 aliphatic rings. The van der Waals surface area contributed by atoms with Crippen LogP contribution < -0.4 is 10.2 Å². The van der Waals surface area contributed by atoms with Crippen molar-refractivity contribution >= 4 is 5.69 Å². The Balaban J connectivity index is 1.95. The number of hydrogen-bond donors (Lipinski definition) is 1. The molecule has 2 heteroatoms. The molecule has 82 valence electrons. The maximum Gasteiger partial charge on any atom is 0.0728 e. The summed E-state index contributed by atoms with van der Waals surface area (Å²) >= 11 is 0. The van der Waals surface area contributed by atoms with E-state index >= 15 is 0 Å². The molecule has 0 radical (unpaired) electrons. The van der Waals surface area contributed by atoms with Crippen LogP contribution in [0.5, 0.6) is 0 Å². The van der Waals surface area contributed by atoms with Crippen LogP contribution in [0, 0.1) is 5.92 Å². The summed E-state index contributed by atoms with van der Waals surface area (Å²) in [5.74, 6) is 0.638. The third-order valence-electron chi connectivity index (χ3n) is 3.28. The first kappa shape index (κ1) is 9.67. The van der Waals surface area contributed by atoms with Gasteiger partial charge in [-0.05, 0) is 24.6 Å². The number of hydrogen-bond acceptors (Lipinski definition) is 2. The fraction of sp³-hybridized carbons (Fsp3) is 0.286. The minimum Gasteiger partial charge on any atom is -0.332 e. The molecular weight excluding hydrogens is 196 g/mol. The monoisotopic (exact) mass is 212 g/mol. The quantitative estimate of drug-likeness (QED) is 0.769. The van der Waals surface area contributed by atoms with Gasteiger partial charge in [0.15, 0.2) is 0 Å². The van der Waals surface area contributed by atoms with Gasteiger partial charge >= 0.3 is 0 Å². The molecule has 0 saturated carbocycles. The van der Waals surface area contributed by atoms with Crippen molar-refractivity contribution in [2.24, 2.45) is 5.92 Å². The Labute approximate surface area is 96.3 Å². The topological polar surface area (TPSA) is 15.3 Å². The molecule has 1 fully saturated rings. The average Bonchev–Trinajstić information content (AvgIpc) is 2.39. The summed E-state index contributed by atoms with van der Waals surface area (Å²) in [6, 6.07) is 10.6. The predicted molar refractivity (Wildman–Crippen MR) is 67.1 cm³/mol. The SMILES string of the molecule is C1=CCC2CNCN(c3ccccc3)C2=C1. The van der Waals surface area contributed by atoms with Crippen molar-refractivity contribution in [3.63, 3.8) is 0 Å². The standard InChI is InChI=1S/C14H16N2/c1-2-7-13(8-3-1)16-11-15-10-12-6-4-5-9-14(12)16/h1-5,7-9,12,15H,6,10-11H2. The lowest BCUT2D eigenvalue weighted by Gasteiger charge is -2.38. The average molecular weight is 212 g/mol. The molecular formula is C14H16N2. The van der Waals surface area contributed by atoms with E-state index in [0.717, 1.165) is 19.6 Å². The molecule has 3 rings (SSSR count). The summed E-state index contributed by atoms with van der Waals surface area (Å²) in [6.45, 7) is 2.01. The van der Waals surface area contributed by atoms with Gasteiger partial charge in [-0.1, -0.05) is 30.4 Å². The first-order valence-electron chi connectivity index (χ1n) is 5.85. The number of fused-ring (bicyclic) bond motifs is 1.